The predicted molar refractivity (Wildman–Crippen MR) is 98.0 cm³/mol. The Labute approximate surface area is 153 Å². The molecule has 2 rings (SSSR count). The lowest BCUT2D eigenvalue weighted by molar-refractivity contribution is -0.126. The SMILES string of the molecule is CC(C)CC(NC(=O)CCC(=O)C1CCN1c1ccc(F)cc1)B(O)O. The van der Waals surface area contributed by atoms with Crippen LogP contribution in [0.3, 0.4) is 0 Å². The lowest BCUT2D eigenvalue weighted by Crippen LogP contribution is -2.53. The van der Waals surface area contributed by atoms with Crippen molar-refractivity contribution in [1.29, 1.82) is 0 Å². The first-order valence-electron chi connectivity index (χ1n) is 8.98. The van der Waals surface area contributed by atoms with Crippen LogP contribution in [0, 0.1) is 11.7 Å². The van der Waals surface area contributed by atoms with E-state index in [0.29, 0.717) is 12.8 Å². The first-order valence-corrected chi connectivity index (χ1v) is 8.98. The first kappa shape index (κ1) is 20.4. The molecule has 8 heteroatoms. The first-order chi connectivity index (χ1) is 12.3. The van der Waals surface area contributed by atoms with Gasteiger partial charge in [-0.2, -0.15) is 0 Å². The number of carbonyl (C=O) groups excluding carboxylic acids is 2. The summed E-state index contributed by atoms with van der Waals surface area (Å²) in [6, 6.07) is 5.71. The number of ketones is 1. The molecule has 0 aromatic heterocycles. The molecule has 2 atom stereocenters. The van der Waals surface area contributed by atoms with Gasteiger partial charge in [0.15, 0.2) is 5.78 Å². The third-order valence-electron chi connectivity index (χ3n) is 4.58. The molecule has 0 spiro atoms. The van der Waals surface area contributed by atoms with E-state index in [4.69, 9.17) is 0 Å². The molecule has 142 valence electrons. The molecule has 3 N–H and O–H groups in total. The largest absolute Gasteiger partial charge is 0.475 e. The number of nitrogens with zero attached hydrogens (tertiary/aromatic N) is 1. The number of anilines is 1. The minimum absolute atomic E-state index is 0.00784. The van der Waals surface area contributed by atoms with Gasteiger partial charge in [0, 0.05) is 25.1 Å². The van der Waals surface area contributed by atoms with Gasteiger partial charge in [0.25, 0.3) is 0 Å². The van der Waals surface area contributed by atoms with Gasteiger partial charge in [-0.05, 0) is 43.0 Å². The van der Waals surface area contributed by atoms with Gasteiger partial charge in [0.2, 0.25) is 5.91 Å². The molecule has 0 radical (unpaired) electrons. The standard InChI is InChI=1S/C18H26BFN2O4/c1-12(2)11-17(19(25)26)21-18(24)8-7-16(23)15-9-10-22(15)14-5-3-13(20)4-6-14/h3-6,12,15,17,25-26H,7-11H2,1-2H3,(H,21,24). The Hall–Kier alpha value is -1.93. The van der Waals surface area contributed by atoms with Crippen molar-refractivity contribution >= 4 is 24.5 Å². The fourth-order valence-corrected chi connectivity index (χ4v) is 3.11. The van der Waals surface area contributed by atoms with Gasteiger partial charge >= 0.3 is 7.12 Å². The molecule has 2 unspecified atom stereocenters. The van der Waals surface area contributed by atoms with Crippen LogP contribution >= 0.6 is 0 Å². The fraction of sp³-hybridized carbons (Fsp3) is 0.556. The molecule has 1 amide bonds. The highest BCUT2D eigenvalue weighted by Crippen LogP contribution is 2.28. The molecule has 0 saturated carbocycles. The van der Waals surface area contributed by atoms with Crippen molar-refractivity contribution in [2.45, 2.75) is 51.5 Å². The van der Waals surface area contributed by atoms with Crippen LogP contribution in [0.4, 0.5) is 10.1 Å². The van der Waals surface area contributed by atoms with Gasteiger partial charge in [-0.3, -0.25) is 9.59 Å². The second-order valence-electron chi connectivity index (χ2n) is 7.16. The van der Waals surface area contributed by atoms with E-state index in [0.717, 1.165) is 12.2 Å². The fourth-order valence-electron chi connectivity index (χ4n) is 3.11. The van der Waals surface area contributed by atoms with Gasteiger partial charge in [-0.25, -0.2) is 4.39 Å². The maximum Gasteiger partial charge on any atom is 0.475 e. The second kappa shape index (κ2) is 9.14. The van der Waals surface area contributed by atoms with E-state index in [2.05, 4.69) is 5.32 Å². The van der Waals surface area contributed by atoms with Crippen LogP contribution in [0.2, 0.25) is 0 Å². The topological polar surface area (TPSA) is 89.9 Å². The molecule has 1 saturated heterocycles. The zero-order valence-corrected chi connectivity index (χ0v) is 15.2. The average molecular weight is 364 g/mol. The lowest BCUT2D eigenvalue weighted by Gasteiger charge is -2.41. The van der Waals surface area contributed by atoms with Crippen LogP contribution in [0.25, 0.3) is 0 Å². The van der Waals surface area contributed by atoms with Gasteiger partial charge < -0.3 is 20.3 Å². The summed E-state index contributed by atoms with van der Waals surface area (Å²) in [4.78, 5) is 26.3. The molecular formula is C18H26BFN2O4. The van der Waals surface area contributed by atoms with Crippen molar-refractivity contribution in [2.75, 3.05) is 11.4 Å². The zero-order chi connectivity index (χ0) is 19.3. The molecule has 1 fully saturated rings. The molecule has 0 aliphatic carbocycles. The quantitative estimate of drug-likeness (QED) is 0.575. The Morgan fingerprint density at radius 1 is 1.27 bits per heavy atom. The smallest absolute Gasteiger partial charge is 0.426 e. The minimum Gasteiger partial charge on any atom is -0.426 e. The second-order valence-corrected chi connectivity index (χ2v) is 7.16. The summed E-state index contributed by atoms with van der Waals surface area (Å²) < 4.78 is 13.0. The van der Waals surface area contributed by atoms with Crippen LogP contribution < -0.4 is 10.2 Å². The number of Topliss-reactive ketones (excluding diaryl/α,β-unsaturated/α-hetero) is 1. The van der Waals surface area contributed by atoms with Crippen molar-refractivity contribution in [3.05, 3.63) is 30.1 Å². The number of benzene rings is 1. The molecule has 1 heterocycles. The third kappa shape index (κ3) is 5.54. The van der Waals surface area contributed by atoms with Gasteiger partial charge in [0.05, 0.1) is 12.0 Å². The van der Waals surface area contributed by atoms with E-state index in [-0.39, 0.29) is 42.3 Å². The Morgan fingerprint density at radius 2 is 1.92 bits per heavy atom. The molecule has 1 aromatic rings. The Balaban J connectivity index is 1.82. The molecule has 1 aliphatic heterocycles. The highest BCUT2D eigenvalue weighted by atomic mass is 19.1. The number of rotatable bonds is 9. The number of hydrogen-bond acceptors (Lipinski definition) is 5. The predicted octanol–water partition coefficient (Wildman–Crippen LogP) is 1.30. The molecule has 1 aromatic carbocycles. The number of carbonyl (C=O) groups is 2. The van der Waals surface area contributed by atoms with Gasteiger partial charge in [-0.15, -0.1) is 0 Å². The van der Waals surface area contributed by atoms with E-state index in [9.17, 15) is 24.0 Å². The highest BCUT2D eigenvalue weighted by Gasteiger charge is 2.34. The number of amides is 1. The lowest BCUT2D eigenvalue weighted by atomic mass is 9.75. The average Bonchev–Trinajstić information content (AvgIpc) is 2.53. The number of hydrogen-bond donors (Lipinski definition) is 3. The summed E-state index contributed by atoms with van der Waals surface area (Å²) in [5, 5.41) is 21.3. The normalized spacial score (nSPS) is 17.6. The van der Waals surface area contributed by atoms with Crippen LogP contribution in [-0.2, 0) is 9.59 Å². The zero-order valence-electron chi connectivity index (χ0n) is 15.2. The highest BCUT2D eigenvalue weighted by molar-refractivity contribution is 6.43. The van der Waals surface area contributed by atoms with Crippen LogP contribution in [0.5, 0.6) is 0 Å². The summed E-state index contributed by atoms with van der Waals surface area (Å²) in [7, 11) is -1.63. The Bertz CT molecular complexity index is 624. The molecule has 1 aliphatic rings. The number of nitrogens with one attached hydrogen (secondary N) is 1. The van der Waals surface area contributed by atoms with E-state index >= 15 is 0 Å². The summed E-state index contributed by atoms with van der Waals surface area (Å²) >= 11 is 0. The summed E-state index contributed by atoms with van der Waals surface area (Å²) in [6.45, 7) is 4.57. The summed E-state index contributed by atoms with van der Waals surface area (Å²) in [5.74, 6) is -1.28. The van der Waals surface area contributed by atoms with Crippen LogP contribution in [-0.4, -0.2) is 47.4 Å². The summed E-state index contributed by atoms with van der Waals surface area (Å²) in [5.41, 5.74) is 0.792. The third-order valence-corrected chi connectivity index (χ3v) is 4.58. The molecule has 0 bridgehead atoms. The van der Waals surface area contributed by atoms with Crippen molar-refractivity contribution in [3.8, 4) is 0 Å². The van der Waals surface area contributed by atoms with Crippen molar-refractivity contribution in [3.63, 3.8) is 0 Å². The molecule has 26 heavy (non-hydrogen) atoms. The van der Waals surface area contributed by atoms with E-state index in [1.165, 1.54) is 12.1 Å². The van der Waals surface area contributed by atoms with Crippen molar-refractivity contribution in [2.24, 2.45) is 5.92 Å². The summed E-state index contributed by atoms with van der Waals surface area (Å²) in [6.07, 6.45) is 1.25. The van der Waals surface area contributed by atoms with Crippen molar-refractivity contribution < 1.29 is 24.0 Å². The van der Waals surface area contributed by atoms with E-state index in [1.807, 2.05) is 18.7 Å². The minimum atomic E-state index is -1.63. The van der Waals surface area contributed by atoms with Crippen LogP contribution in [0.1, 0.15) is 39.5 Å². The Morgan fingerprint density at radius 3 is 2.42 bits per heavy atom. The van der Waals surface area contributed by atoms with E-state index in [1.54, 1.807) is 12.1 Å². The van der Waals surface area contributed by atoms with E-state index < -0.39 is 13.1 Å². The monoisotopic (exact) mass is 364 g/mol. The Kier molecular flexibility index (Phi) is 7.17. The molecular weight excluding hydrogens is 338 g/mol. The maximum atomic E-state index is 13.0. The van der Waals surface area contributed by atoms with Crippen molar-refractivity contribution in [1.82, 2.24) is 5.32 Å². The number of halogens is 1. The molecule has 6 nitrogen and oxygen atoms in total. The maximum absolute atomic E-state index is 13.0. The van der Waals surface area contributed by atoms with Crippen LogP contribution in [0.15, 0.2) is 24.3 Å². The van der Waals surface area contributed by atoms with Gasteiger partial charge in [0.1, 0.15) is 5.82 Å². The van der Waals surface area contributed by atoms with Gasteiger partial charge in [-0.1, -0.05) is 13.8 Å².